The molecule has 15 heavy (non-hydrogen) atoms. The van der Waals surface area contributed by atoms with E-state index in [1.54, 1.807) is 6.92 Å². The number of rotatable bonds is 2. The Kier molecular flexibility index (Phi) is 3.38. The molecule has 1 aromatic rings. The molecule has 0 aromatic heterocycles. The van der Waals surface area contributed by atoms with Crippen molar-refractivity contribution in [3.8, 4) is 5.75 Å². The number of aryl methyl sites for hydroxylation is 1. The van der Waals surface area contributed by atoms with Crippen LogP contribution in [0.5, 0.6) is 5.75 Å². The van der Waals surface area contributed by atoms with E-state index in [0.717, 1.165) is 5.56 Å². The second-order valence-corrected chi connectivity index (χ2v) is 4.30. The zero-order chi connectivity index (χ0) is 11.6. The Morgan fingerprint density at radius 3 is 2.40 bits per heavy atom. The normalized spacial score (nSPS) is 13.7. The van der Waals surface area contributed by atoms with E-state index in [4.69, 9.17) is 0 Å². The van der Waals surface area contributed by atoms with Gasteiger partial charge < -0.3 is 4.74 Å². The van der Waals surface area contributed by atoms with E-state index in [2.05, 4.69) is 4.74 Å². The third-order valence-electron chi connectivity index (χ3n) is 1.63. The minimum atomic E-state index is -4.76. The zero-order valence-electron chi connectivity index (χ0n) is 8.09. The summed E-state index contributed by atoms with van der Waals surface area (Å²) in [6.45, 7) is 1.70. The van der Waals surface area contributed by atoms with Gasteiger partial charge in [0.15, 0.2) is 0 Å². The molecule has 0 spiro atoms. The molecule has 0 heterocycles. The minimum absolute atomic E-state index is 0.0484. The van der Waals surface area contributed by atoms with Crippen molar-refractivity contribution in [1.82, 2.24) is 0 Å². The van der Waals surface area contributed by atoms with E-state index in [1.165, 1.54) is 24.5 Å². The van der Waals surface area contributed by atoms with Gasteiger partial charge in [-0.1, -0.05) is 6.07 Å². The molecule has 84 valence electrons. The molecule has 0 aliphatic rings. The van der Waals surface area contributed by atoms with Crippen molar-refractivity contribution < 1.29 is 22.1 Å². The first-order chi connectivity index (χ1) is 6.79. The highest BCUT2D eigenvalue weighted by atomic mass is 32.2. The maximum Gasteiger partial charge on any atom is 0.573 e. The third-order valence-corrected chi connectivity index (χ3v) is 2.57. The van der Waals surface area contributed by atoms with Crippen LogP contribution >= 0.6 is 0 Å². The first kappa shape index (κ1) is 12.0. The molecule has 0 saturated heterocycles. The Labute approximate surface area is 87.5 Å². The highest BCUT2D eigenvalue weighted by Crippen LogP contribution is 2.28. The molecule has 0 bridgehead atoms. The van der Waals surface area contributed by atoms with Crippen LogP contribution in [0.3, 0.4) is 0 Å². The van der Waals surface area contributed by atoms with E-state index in [-0.39, 0.29) is 4.90 Å². The van der Waals surface area contributed by atoms with Gasteiger partial charge in [0.25, 0.3) is 0 Å². The second kappa shape index (κ2) is 4.22. The molecule has 0 radical (unpaired) electrons. The molecule has 2 nitrogen and oxygen atoms in total. The van der Waals surface area contributed by atoms with Gasteiger partial charge in [0.2, 0.25) is 0 Å². The van der Waals surface area contributed by atoms with Gasteiger partial charge in [0.1, 0.15) is 5.75 Å². The Bertz CT molecular complexity index is 387. The van der Waals surface area contributed by atoms with Gasteiger partial charge >= 0.3 is 6.36 Å². The Hall–Kier alpha value is -1.04. The van der Waals surface area contributed by atoms with Gasteiger partial charge in [0, 0.05) is 6.26 Å². The number of benzene rings is 1. The van der Waals surface area contributed by atoms with E-state index >= 15 is 0 Å². The first-order valence-corrected chi connectivity index (χ1v) is 5.55. The summed E-state index contributed by atoms with van der Waals surface area (Å²) >= 11 is 0. The van der Waals surface area contributed by atoms with Gasteiger partial charge in [-0.05, 0) is 24.6 Å². The van der Waals surface area contributed by atoms with Crippen molar-refractivity contribution in [2.24, 2.45) is 0 Å². The predicted molar refractivity (Wildman–Crippen MR) is 50.2 cm³/mol. The maximum atomic E-state index is 12.0. The highest BCUT2D eigenvalue weighted by Gasteiger charge is 2.32. The number of alkyl halides is 3. The van der Waals surface area contributed by atoms with E-state index in [1.807, 2.05) is 0 Å². The summed E-state index contributed by atoms with van der Waals surface area (Å²) in [5, 5.41) is 0. The molecule has 6 heteroatoms. The van der Waals surface area contributed by atoms with Crippen molar-refractivity contribution in [3.63, 3.8) is 0 Å². The fourth-order valence-corrected chi connectivity index (χ4v) is 1.79. The average molecular weight is 238 g/mol. The first-order valence-electron chi connectivity index (χ1n) is 3.99. The van der Waals surface area contributed by atoms with Crippen LogP contribution in [0.1, 0.15) is 5.56 Å². The van der Waals surface area contributed by atoms with Crippen molar-refractivity contribution in [2.45, 2.75) is 18.2 Å². The standard InChI is InChI=1S/C9H9F3O2S/c1-6-3-4-7(14-9(10,11)12)8(5-6)15(2)13/h3-5H,1-2H3. The Morgan fingerprint density at radius 2 is 1.93 bits per heavy atom. The Balaban J connectivity index is 3.12. The highest BCUT2D eigenvalue weighted by molar-refractivity contribution is 7.84. The van der Waals surface area contributed by atoms with Gasteiger partial charge in [-0.15, -0.1) is 13.2 Å². The van der Waals surface area contributed by atoms with Crippen LogP contribution in [0.25, 0.3) is 0 Å². The molecule has 0 N–H and O–H groups in total. The summed E-state index contributed by atoms with van der Waals surface area (Å²) in [5.41, 5.74) is 0.731. The summed E-state index contributed by atoms with van der Waals surface area (Å²) < 4.78 is 50.8. The van der Waals surface area contributed by atoms with Gasteiger partial charge in [-0.3, -0.25) is 4.21 Å². The van der Waals surface area contributed by atoms with Crippen molar-refractivity contribution >= 4 is 10.8 Å². The maximum absolute atomic E-state index is 12.0. The molecule has 0 saturated carbocycles. The van der Waals surface area contributed by atoms with Gasteiger partial charge in [-0.25, -0.2) is 0 Å². The monoisotopic (exact) mass is 238 g/mol. The van der Waals surface area contributed by atoms with Crippen LogP contribution in [-0.2, 0) is 10.8 Å². The number of ether oxygens (including phenoxy) is 1. The fourth-order valence-electron chi connectivity index (χ4n) is 1.05. The van der Waals surface area contributed by atoms with Crippen LogP contribution in [0.4, 0.5) is 13.2 Å². The lowest BCUT2D eigenvalue weighted by atomic mass is 10.2. The fraction of sp³-hybridized carbons (Fsp3) is 0.333. The lowest BCUT2D eigenvalue weighted by molar-refractivity contribution is -0.275. The molecule has 0 fully saturated rings. The van der Waals surface area contributed by atoms with E-state index in [9.17, 15) is 17.4 Å². The van der Waals surface area contributed by atoms with Crippen LogP contribution in [-0.4, -0.2) is 16.8 Å². The van der Waals surface area contributed by atoms with Crippen LogP contribution < -0.4 is 4.74 Å². The summed E-state index contributed by atoms with van der Waals surface area (Å²) in [5.74, 6) is -0.408. The molecule has 1 rings (SSSR count). The second-order valence-electron chi connectivity index (χ2n) is 2.95. The van der Waals surface area contributed by atoms with E-state index < -0.39 is 22.9 Å². The lowest BCUT2D eigenvalue weighted by Crippen LogP contribution is -2.18. The summed E-state index contributed by atoms with van der Waals surface area (Å²) in [4.78, 5) is 0.0484. The molecule has 1 aromatic carbocycles. The van der Waals surface area contributed by atoms with Crippen molar-refractivity contribution in [3.05, 3.63) is 23.8 Å². The minimum Gasteiger partial charge on any atom is -0.404 e. The predicted octanol–water partition coefficient (Wildman–Crippen LogP) is 2.63. The van der Waals surface area contributed by atoms with Gasteiger partial charge in [-0.2, -0.15) is 0 Å². The van der Waals surface area contributed by atoms with Crippen LogP contribution in [0, 0.1) is 6.92 Å². The summed E-state index contributed by atoms with van der Waals surface area (Å²) in [6.07, 6.45) is -3.46. The van der Waals surface area contributed by atoms with Gasteiger partial charge in [0.05, 0.1) is 15.7 Å². The number of hydrogen-bond donors (Lipinski definition) is 0. The molecule has 0 aliphatic heterocycles. The SMILES string of the molecule is Cc1ccc(OC(F)(F)F)c(S(C)=O)c1. The largest absolute Gasteiger partial charge is 0.573 e. The lowest BCUT2D eigenvalue weighted by Gasteiger charge is -2.12. The summed E-state index contributed by atoms with van der Waals surface area (Å²) in [6, 6.07) is 4.05. The smallest absolute Gasteiger partial charge is 0.404 e. The molecule has 0 aliphatic carbocycles. The topological polar surface area (TPSA) is 26.3 Å². The number of hydrogen-bond acceptors (Lipinski definition) is 2. The van der Waals surface area contributed by atoms with Crippen LogP contribution in [0.15, 0.2) is 23.1 Å². The average Bonchev–Trinajstić information content (AvgIpc) is 2.05. The number of halogens is 3. The van der Waals surface area contributed by atoms with Crippen LogP contribution in [0.2, 0.25) is 0 Å². The quantitative estimate of drug-likeness (QED) is 0.791. The van der Waals surface area contributed by atoms with E-state index in [0.29, 0.717) is 0 Å². The molecular weight excluding hydrogens is 229 g/mol. The van der Waals surface area contributed by atoms with Crippen molar-refractivity contribution in [1.29, 1.82) is 0 Å². The molecule has 1 atom stereocenters. The van der Waals surface area contributed by atoms with Crippen molar-refractivity contribution in [2.75, 3.05) is 6.26 Å². The molecule has 0 amide bonds. The molecule has 1 unspecified atom stereocenters. The molecular formula is C9H9F3O2S. The third kappa shape index (κ3) is 3.54. The Morgan fingerprint density at radius 1 is 1.33 bits per heavy atom. The zero-order valence-corrected chi connectivity index (χ0v) is 8.91. The summed E-state index contributed by atoms with van der Waals surface area (Å²) in [7, 11) is -1.51.